The minimum absolute atomic E-state index is 0.244. The lowest BCUT2D eigenvalue weighted by Crippen LogP contribution is -2.46. The fraction of sp³-hybridized carbons (Fsp3) is 0.476. The molecule has 1 aromatic carbocycles. The van der Waals surface area contributed by atoms with E-state index in [0.29, 0.717) is 19.7 Å². The summed E-state index contributed by atoms with van der Waals surface area (Å²) in [5, 5.41) is 7.14. The number of carbonyl (C=O) groups excluding carboxylic acids is 1. The summed E-state index contributed by atoms with van der Waals surface area (Å²) < 4.78 is 6.24. The van der Waals surface area contributed by atoms with Gasteiger partial charge in [0.05, 0.1) is 13.2 Å². The Morgan fingerprint density at radius 2 is 2.04 bits per heavy atom. The Labute approximate surface area is 165 Å². The molecule has 0 saturated carbocycles. The van der Waals surface area contributed by atoms with Crippen LogP contribution in [0.25, 0.3) is 0 Å². The van der Waals surface area contributed by atoms with Crippen molar-refractivity contribution < 1.29 is 9.53 Å². The zero-order valence-corrected chi connectivity index (χ0v) is 16.6. The largest absolute Gasteiger partial charge is 0.383 e. The van der Waals surface area contributed by atoms with Gasteiger partial charge in [0.1, 0.15) is 5.69 Å². The molecule has 1 atom stereocenters. The van der Waals surface area contributed by atoms with Crippen LogP contribution in [0, 0.1) is 0 Å². The summed E-state index contributed by atoms with van der Waals surface area (Å²) in [7, 11) is 1.56. The van der Waals surface area contributed by atoms with Gasteiger partial charge in [-0.25, -0.2) is 4.68 Å². The van der Waals surface area contributed by atoms with Gasteiger partial charge in [-0.05, 0) is 30.0 Å². The van der Waals surface area contributed by atoms with Crippen molar-refractivity contribution in [3.63, 3.8) is 0 Å². The number of hydrogen-bond acceptors (Lipinski definition) is 5. The number of hydrogen-bond donors (Lipinski definition) is 1. The molecule has 0 unspecified atom stereocenters. The Bertz CT molecular complexity index is 865. The van der Waals surface area contributed by atoms with E-state index in [1.54, 1.807) is 7.11 Å². The van der Waals surface area contributed by atoms with E-state index in [1.807, 2.05) is 0 Å². The van der Waals surface area contributed by atoms with Gasteiger partial charge in [-0.3, -0.25) is 14.5 Å². The molecule has 28 heavy (non-hydrogen) atoms. The summed E-state index contributed by atoms with van der Waals surface area (Å²) in [5.74, 6) is -0.262. The number of nitrogens with one attached hydrogen (secondary N) is 1. The van der Waals surface area contributed by atoms with Crippen LogP contribution in [0.1, 0.15) is 35.0 Å². The molecule has 3 rings (SSSR count). The molecule has 7 heteroatoms. The normalized spacial score (nSPS) is 15.1. The average molecular weight is 384 g/mol. The zero-order chi connectivity index (χ0) is 19.9. The molecular weight excluding hydrogens is 356 g/mol. The second-order valence-corrected chi connectivity index (χ2v) is 7.03. The van der Waals surface area contributed by atoms with Crippen LogP contribution in [0.2, 0.25) is 0 Å². The van der Waals surface area contributed by atoms with Crippen LogP contribution in [0.15, 0.2) is 41.2 Å². The van der Waals surface area contributed by atoms with Crippen molar-refractivity contribution in [3.8, 4) is 0 Å². The summed E-state index contributed by atoms with van der Waals surface area (Å²) in [6.45, 7) is 5.28. The van der Waals surface area contributed by atoms with Crippen molar-refractivity contribution in [1.29, 1.82) is 0 Å². The van der Waals surface area contributed by atoms with Gasteiger partial charge < -0.3 is 10.1 Å². The molecule has 2 aromatic rings. The standard InChI is InChI=1S/C21H28N4O3/c1-3-18(24-11-10-16-6-4-5-7-17(16)15-24)14-22-21(27)19-8-9-20(26)25(23-19)12-13-28-2/h4-9,18H,3,10-15H2,1-2H3,(H,22,27)/t18-/m1/s1. The highest BCUT2D eigenvalue weighted by Gasteiger charge is 2.23. The molecule has 0 radical (unpaired) electrons. The molecule has 0 aliphatic carbocycles. The van der Waals surface area contributed by atoms with Crippen LogP contribution < -0.4 is 10.9 Å². The highest BCUT2D eigenvalue weighted by Crippen LogP contribution is 2.21. The summed E-state index contributed by atoms with van der Waals surface area (Å²) in [4.78, 5) is 26.8. The molecule has 0 spiro atoms. The van der Waals surface area contributed by atoms with Crippen molar-refractivity contribution in [2.45, 2.75) is 38.9 Å². The van der Waals surface area contributed by atoms with E-state index in [-0.39, 0.29) is 23.2 Å². The minimum atomic E-state index is -0.262. The van der Waals surface area contributed by atoms with Crippen molar-refractivity contribution in [2.75, 3.05) is 26.8 Å². The van der Waals surface area contributed by atoms with Gasteiger partial charge in [0.25, 0.3) is 11.5 Å². The Kier molecular flexibility index (Phi) is 6.95. The number of amides is 1. The number of ether oxygens (including phenoxy) is 1. The lowest BCUT2D eigenvalue weighted by molar-refractivity contribution is 0.0917. The van der Waals surface area contributed by atoms with Crippen molar-refractivity contribution in [3.05, 3.63) is 63.6 Å². The maximum atomic E-state index is 12.5. The second kappa shape index (κ2) is 9.61. The van der Waals surface area contributed by atoms with Gasteiger partial charge in [0.2, 0.25) is 0 Å². The molecule has 7 nitrogen and oxygen atoms in total. The highest BCUT2D eigenvalue weighted by atomic mass is 16.5. The van der Waals surface area contributed by atoms with Gasteiger partial charge in [0, 0.05) is 38.9 Å². The van der Waals surface area contributed by atoms with E-state index in [4.69, 9.17) is 4.74 Å². The Morgan fingerprint density at radius 3 is 2.79 bits per heavy atom. The fourth-order valence-corrected chi connectivity index (χ4v) is 3.57. The zero-order valence-electron chi connectivity index (χ0n) is 16.6. The third-order valence-electron chi connectivity index (χ3n) is 5.25. The van der Waals surface area contributed by atoms with E-state index in [0.717, 1.165) is 25.9 Å². The van der Waals surface area contributed by atoms with Crippen molar-refractivity contribution >= 4 is 5.91 Å². The Balaban J connectivity index is 1.61. The molecule has 0 saturated heterocycles. The Hall–Kier alpha value is -2.51. The summed E-state index contributed by atoms with van der Waals surface area (Å²) >= 11 is 0. The van der Waals surface area contributed by atoms with Crippen molar-refractivity contribution in [1.82, 2.24) is 20.0 Å². The molecule has 0 fully saturated rings. The number of benzene rings is 1. The van der Waals surface area contributed by atoms with Crippen molar-refractivity contribution in [2.24, 2.45) is 0 Å². The van der Waals surface area contributed by atoms with Crippen LogP contribution in [0.3, 0.4) is 0 Å². The molecule has 1 aliphatic rings. The van der Waals surface area contributed by atoms with Crippen LogP contribution in [0.4, 0.5) is 0 Å². The predicted octanol–water partition coefficient (Wildman–Crippen LogP) is 1.46. The monoisotopic (exact) mass is 384 g/mol. The molecular formula is C21H28N4O3. The number of rotatable bonds is 8. The maximum absolute atomic E-state index is 12.5. The molecule has 1 amide bonds. The van der Waals surface area contributed by atoms with Crippen LogP contribution in [0.5, 0.6) is 0 Å². The Morgan fingerprint density at radius 1 is 1.25 bits per heavy atom. The van der Waals surface area contributed by atoms with Gasteiger partial charge in [0.15, 0.2) is 0 Å². The van der Waals surface area contributed by atoms with Crippen LogP contribution in [-0.2, 0) is 24.2 Å². The highest BCUT2D eigenvalue weighted by molar-refractivity contribution is 5.92. The van der Waals surface area contributed by atoms with Gasteiger partial charge in [-0.1, -0.05) is 31.2 Å². The first kappa shape index (κ1) is 20.2. The molecule has 1 aromatic heterocycles. The quantitative estimate of drug-likeness (QED) is 0.746. The number of carbonyl (C=O) groups is 1. The first-order chi connectivity index (χ1) is 13.6. The molecule has 150 valence electrons. The van der Waals surface area contributed by atoms with E-state index < -0.39 is 0 Å². The number of fused-ring (bicyclic) bond motifs is 1. The summed E-state index contributed by atoms with van der Waals surface area (Å²) in [6.07, 6.45) is 1.98. The third-order valence-corrected chi connectivity index (χ3v) is 5.25. The smallest absolute Gasteiger partial charge is 0.271 e. The fourth-order valence-electron chi connectivity index (χ4n) is 3.57. The first-order valence-corrected chi connectivity index (χ1v) is 9.78. The third kappa shape index (κ3) is 4.85. The van der Waals surface area contributed by atoms with E-state index in [2.05, 4.69) is 46.5 Å². The van der Waals surface area contributed by atoms with Crippen LogP contribution in [-0.4, -0.2) is 53.4 Å². The predicted molar refractivity (Wildman–Crippen MR) is 107 cm³/mol. The topological polar surface area (TPSA) is 76.5 Å². The van der Waals surface area contributed by atoms with Gasteiger partial charge in [-0.2, -0.15) is 5.10 Å². The lowest BCUT2D eigenvalue weighted by Gasteiger charge is -2.35. The van der Waals surface area contributed by atoms with Gasteiger partial charge >= 0.3 is 0 Å². The number of aromatic nitrogens is 2. The number of nitrogens with zero attached hydrogens (tertiary/aromatic N) is 3. The summed E-state index contributed by atoms with van der Waals surface area (Å²) in [5.41, 5.74) is 2.78. The molecule has 1 N–H and O–H groups in total. The lowest BCUT2D eigenvalue weighted by atomic mass is 9.98. The molecule has 2 heterocycles. The first-order valence-electron chi connectivity index (χ1n) is 9.78. The second-order valence-electron chi connectivity index (χ2n) is 7.03. The SMILES string of the molecule is CC[C@H](CNC(=O)c1ccc(=O)n(CCOC)n1)N1CCc2ccccc2C1. The van der Waals surface area contributed by atoms with Crippen LogP contribution >= 0.6 is 0 Å². The van der Waals surface area contributed by atoms with Gasteiger partial charge in [-0.15, -0.1) is 0 Å². The molecule has 1 aliphatic heterocycles. The molecule has 0 bridgehead atoms. The van der Waals surface area contributed by atoms with E-state index >= 15 is 0 Å². The number of methoxy groups -OCH3 is 1. The van der Waals surface area contributed by atoms with E-state index in [1.165, 1.54) is 27.9 Å². The summed E-state index contributed by atoms with van der Waals surface area (Å²) in [6, 6.07) is 11.6. The maximum Gasteiger partial charge on any atom is 0.271 e. The minimum Gasteiger partial charge on any atom is -0.383 e. The average Bonchev–Trinajstić information content (AvgIpc) is 2.73. The van der Waals surface area contributed by atoms with E-state index in [9.17, 15) is 9.59 Å².